The number of imidazole rings is 1. The topological polar surface area (TPSA) is 78.3 Å². The Labute approximate surface area is 176 Å². The van der Waals surface area contributed by atoms with Crippen LogP contribution in [0.1, 0.15) is 41.1 Å². The maximum atomic E-state index is 13.2. The highest BCUT2D eigenvalue weighted by Crippen LogP contribution is 2.38. The van der Waals surface area contributed by atoms with Crippen molar-refractivity contribution in [2.75, 3.05) is 18.5 Å². The number of pyridine rings is 1. The second kappa shape index (κ2) is 7.33. The van der Waals surface area contributed by atoms with Crippen molar-refractivity contribution in [1.82, 2.24) is 14.5 Å². The third-order valence-corrected chi connectivity index (χ3v) is 5.97. The van der Waals surface area contributed by atoms with Crippen molar-refractivity contribution >= 4 is 38.7 Å². The lowest BCUT2D eigenvalue weighted by atomic mass is 10.1. The Balaban J connectivity index is 1.53. The van der Waals surface area contributed by atoms with Gasteiger partial charge in [0.05, 0.1) is 11.3 Å². The van der Waals surface area contributed by atoms with Gasteiger partial charge in [0.25, 0.3) is 5.91 Å². The molecule has 8 heteroatoms. The Hall–Kier alpha value is -2.61. The average molecular weight is 457 g/mol. The first kappa shape index (κ1) is 18.4. The molecule has 1 aromatic carbocycles. The first-order valence-corrected chi connectivity index (χ1v) is 10.7. The summed E-state index contributed by atoms with van der Waals surface area (Å²) in [6, 6.07) is 5.40. The van der Waals surface area contributed by atoms with Gasteiger partial charge < -0.3 is 19.4 Å². The summed E-state index contributed by atoms with van der Waals surface area (Å²) < 4.78 is 14.1. The van der Waals surface area contributed by atoms with E-state index in [1.807, 2.05) is 13.0 Å². The molecule has 0 atom stereocenters. The molecule has 3 aromatic rings. The van der Waals surface area contributed by atoms with Gasteiger partial charge in [-0.2, -0.15) is 0 Å². The lowest BCUT2D eigenvalue weighted by Crippen LogP contribution is -2.17. The van der Waals surface area contributed by atoms with Crippen LogP contribution in [0.3, 0.4) is 0 Å². The van der Waals surface area contributed by atoms with Crippen molar-refractivity contribution in [2.24, 2.45) is 0 Å². The third-order valence-electron chi connectivity index (χ3n) is 5.32. The maximum absolute atomic E-state index is 13.2. The highest BCUT2D eigenvalue weighted by molar-refractivity contribution is 9.10. The van der Waals surface area contributed by atoms with E-state index < -0.39 is 0 Å². The molecule has 5 rings (SSSR count). The van der Waals surface area contributed by atoms with Gasteiger partial charge in [-0.3, -0.25) is 4.79 Å². The minimum absolute atomic E-state index is 0.217. The van der Waals surface area contributed by atoms with Crippen LogP contribution in [0, 0.1) is 6.92 Å². The van der Waals surface area contributed by atoms with E-state index in [4.69, 9.17) is 19.4 Å². The van der Waals surface area contributed by atoms with E-state index in [1.165, 1.54) is 6.42 Å². The smallest absolute Gasteiger partial charge is 0.258 e. The quantitative estimate of drug-likeness (QED) is 0.623. The Morgan fingerprint density at radius 3 is 2.72 bits per heavy atom. The van der Waals surface area contributed by atoms with E-state index in [0.29, 0.717) is 41.5 Å². The van der Waals surface area contributed by atoms with Crippen LogP contribution >= 0.6 is 15.9 Å². The molecule has 0 unspecified atom stereocenters. The SMILES string of the molecule is Cc1cc(C(=O)Nc2cc3c(cc2Br)OCCO3)c2nc3n(c2n1)CCCCC3. The third kappa shape index (κ3) is 3.35. The molecule has 0 saturated heterocycles. The molecule has 0 fully saturated rings. The molecule has 0 radical (unpaired) electrons. The Kier molecular flexibility index (Phi) is 4.66. The van der Waals surface area contributed by atoms with E-state index in [1.54, 1.807) is 12.1 Å². The van der Waals surface area contributed by atoms with Gasteiger partial charge >= 0.3 is 0 Å². The van der Waals surface area contributed by atoms with Crippen molar-refractivity contribution in [2.45, 2.75) is 39.2 Å². The van der Waals surface area contributed by atoms with Gasteiger partial charge in [0.15, 0.2) is 17.1 Å². The molecular formula is C21H21BrN4O3. The van der Waals surface area contributed by atoms with Gasteiger partial charge in [0, 0.05) is 35.3 Å². The van der Waals surface area contributed by atoms with E-state index in [0.717, 1.165) is 47.4 Å². The number of aryl methyl sites for hydroxylation is 3. The number of fused-ring (bicyclic) bond motifs is 4. The summed E-state index contributed by atoms with van der Waals surface area (Å²) in [5.74, 6) is 2.09. The molecule has 2 aromatic heterocycles. The second-order valence-corrected chi connectivity index (χ2v) is 8.26. The largest absolute Gasteiger partial charge is 0.486 e. The summed E-state index contributed by atoms with van der Waals surface area (Å²) >= 11 is 3.51. The fourth-order valence-corrected chi connectivity index (χ4v) is 4.36. The number of hydrogen-bond acceptors (Lipinski definition) is 5. The van der Waals surface area contributed by atoms with Crippen molar-refractivity contribution in [3.63, 3.8) is 0 Å². The number of hydrogen-bond donors (Lipinski definition) is 1. The zero-order valence-electron chi connectivity index (χ0n) is 16.1. The van der Waals surface area contributed by atoms with E-state index in [9.17, 15) is 4.79 Å². The van der Waals surface area contributed by atoms with E-state index in [-0.39, 0.29) is 5.91 Å². The monoisotopic (exact) mass is 456 g/mol. The molecule has 2 aliphatic heterocycles. The van der Waals surface area contributed by atoms with Crippen LogP contribution in [0.25, 0.3) is 11.2 Å². The van der Waals surface area contributed by atoms with Crippen LogP contribution in [0.15, 0.2) is 22.7 Å². The number of ether oxygens (including phenoxy) is 2. The van der Waals surface area contributed by atoms with Crippen molar-refractivity contribution < 1.29 is 14.3 Å². The summed E-state index contributed by atoms with van der Waals surface area (Å²) in [6.45, 7) is 3.82. The first-order valence-electron chi connectivity index (χ1n) is 9.87. The van der Waals surface area contributed by atoms with E-state index in [2.05, 4.69) is 25.8 Å². The fraction of sp³-hybridized carbons (Fsp3) is 0.381. The van der Waals surface area contributed by atoms with Crippen LogP contribution in [0.5, 0.6) is 11.5 Å². The summed E-state index contributed by atoms with van der Waals surface area (Å²) in [4.78, 5) is 22.7. The molecular weight excluding hydrogens is 436 g/mol. The summed E-state index contributed by atoms with van der Waals surface area (Å²) in [5, 5.41) is 2.99. The molecule has 29 heavy (non-hydrogen) atoms. The predicted octanol–water partition coefficient (Wildman–Crippen LogP) is 4.25. The molecule has 0 bridgehead atoms. The van der Waals surface area contributed by atoms with Gasteiger partial charge in [-0.15, -0.1) is 0 Å². The van der Waals surface area contributed by atoms with Crippen LogP contribution in [-0.2, 0) is 13.0 Å². The summed E-state index contributed by atoms with van der Waals surface area (Å²) in [6.07, 6.45) is 4.35. The zero-order valence-corrected chi connectivity index (χ0v) is 17.7. The lowest BCUT2D eigenvalue weighted by molar-refractivity contribution is 0.102. The van der Waals surface area contributed by atoms with Crippen molar-refractivity contribution in [1.29, 1.82) is 0 Å². The van der Waals surface area contributed by atoms with Gasteiger partial charge in [-0.05, 0) is 41.8 Å². The number of carbonyl (C=O) groups excluding carboxylic acids is 1. The molecule has 0 aliphatic carbocycles. The van der Waals surface area contributed by atoms with Crippen molar-refractivity contribution in [3.05, 3.63) is 39.8 Å². The number of carbonyl (C=O) groups is 1. The number of rotatable bonds is 2. The molecule has 0 saturated carbocycles. The summed E-state index contributed by atoms with van der Waals surface area (Å²) in [7, 11) is 0. The molecule has 1 N–H and O–H groups in total. The number of amides is 1. The van der Waals surface area contributed by atoms with Gasteiger partial charge in [0.2, 0.25) is 0 Å². The molecule has 1 amide bonds. The van der Waals surface area contributed by atoms with E-state index >= 15 is 0 Å². The fourth-order valence-electron chi connectivity index (χ4n) is 3.94. The number of anilines is 1. The number of aromatic nitrogens is 3. The molecule has 7 nitrogen and oxygen atoms in total. The number of nitrogens with zero attached hydrogens (tertiary/aromatic N) is 3. The average Bonchev–Trinajstić information content (AvgIpc) is 2.89. The normalized spacial score (nSPS) is 15.7. The maximum Gasteiger partial charge on any atom is 0.258 e. The van der Waals surface area contributed by atoms with Crippen LogP contribution < -0.4 is 14.8 Å². The Bertz CT molecular complexity index is 1130. The number of halogens is 1. The predicted molar refractivity (Wildman–Crippen MR) is 113 cm³/mol. The highest BCUT2D eigenvalue weighted by Gasteiger charge is 2.22. The summed E-state index contributed by atoms with van der Waals surface area (Å²) in [5.41, 5.74) is 3.43. The van der Waals surface area contributed by atoms with Crippen LogP contribution in [-0.4, -0.2) is 33.7 Å². The van der Waals surface area contributed by atoms with Crippen LogP contribution in [0.4, 0.5) is 5.69 Å². The molecule has 150 valence electrons. The van der Waals surface area contributed by atoms with Gasteiger partial charge in [-0.1, -0.05) is 6.42 Å². The van der Waals surface area contributed by atoms with Gasteiger partial charge in [0.1, 0.15) is 24.6 Å². The Morgan fingerprint density at radius 2 is 1.90 bits per heavy atom. The van der Waals surface area contributed by atoms with Crippen molar-refractivity contribution in [3.8, 4) is 11.5 Å². The number of nitrogens with one attached hydrogen (secondary N) is 1. The van der Waals surface area contributed by atoms with Gasteiger partial charge in [-0.25, -0.2) is 9.97 Å². The minimum Gasteiger partial charge on any atom is -0.486 e. The molecule has 2 aliphatic rings. The second-order valence-electron chi connectivity index (χ2n) is 7.40. The lowest BCUT2D eigenvalue weighted by Gasteiger charge is -2.20. The zero-order chi connectivity index (χ0) is 20.0. The molecule has 4 heterocycles. The standard InChI is InChI=1S/C21H21BrN4O3/c1-12-9-13(19-20(23-12)26-6-4-2-3-5-18(26)25-19)21(27)24-15-11-17-16(10-14(15)22)28-7-8-29-17/h9-11H,2-8H2,1H3,(H,24,27). The minimum atomic E-state index is -0.217. The number of benzene rings is 1. The Morgan fingerprint density at radius 1 is 1.10 bits per heavy atom. The first-order chi connectivity index (χ1) is 14.1. The highest BCUT2D eigenvalue weighted by atomic mass is 79.9. The van der Waals surface area contributed by atoms with Crippen LogP contribution in [0.2, 0.25) is 0 Å². The molecule has 0 spiro atoms.